The van der Waals surface area contributed by atoms with Crippen molar-refractivity contribution in [3.63, 3.8) is 0 Å². The van der Waals surface area contributed by atoms with Crippen molar-refractivity contribution in [3.05, 3.63) is 30.1 Å². The molecule has 0 bridgehead atoms. The van der Waals surface area contributed by atoms with Gasteiger partial charge in [-0.25, -0.2) is 9.18 Å². The van der Waals surface area contributed by atoms with Crippen LogP contribution in [0.25, 0.3) is 0 Å². The molecular weight excluding hydrogens is 265 g/mol. The molecule has 0 saturated carbocycles. The first kappa shape index (κ1) is 15.9. The molecule has 0 radical (unpaired) electrons. The Bertz CT molecular complexity index is 476. The Labute approximate surface area is 116 Å². The average Bonchev–Trinajstić information content (AvgIpc) is 2.35. The van der Waals surface area contributed by atoms with E-state index in [1.807, 2.05) is 13.8 Å². The first-order valence-electron chi connectivity index (χ1n) is 6.29. The predicted octanol–water partition coefficient (Wildman–Crippen LogP) is 1.82. The van der Waals surface area contributed by atoms with Crippen molar-refractivity contribution in [2.45, 2.75) is 26.3 Å². The average molecular weight is 283 g/mol. The summed E-state index contributed by atoms with van der Waals surface area (Å²) in [5, 5.41) is 11.4. The van der Waals surface area contributed by atoms with Crippen LogP contribution in [0.5, 0.6) is 5.75 Å². The number of aliphatic carboxylic acids is 1. The van der Waals surface area contributed by atoms with E-state index in [0.717, 1.165) is 6.07 Å². The Hall–Kier alpha value is -2.11. The third-order valence-electron chi connectivity index (χ3n) is 2.51. The van der Waals surface area contributed by atoms with Gasteiger partial charge >= 0.3 is 5.97 Å². The summed E-state index contributed by atoms with van der Waals surface area (Å²) in [7, 11) is 0. The fraction of sp³-hybridized carbons (Fsp3) is 0.429. The number of amides is 1. The predicted molar refractivity (Wildman–Crippen MR) is 70.9 cm³/mol. The Kier molecular flexibility index (Phi) is 5.96. The van der Waals surface area contributed by atoms with E-state index < -0.39 is 23.7 Å². The van der Waals surface area contributed by atoms with Crippen LogP contribution in [-0.2, 0) is 9.59 Å². The van der Waals surface area contributed by atoms with Crippen LogP contribution in [0.4, 0.5) is 4.39 Å². The molecule has 0 heterocycles. The van der Waals surface area contributed by atoms with Gasteiger partial charge in [-0.2, -0.15) is 0 Å². The number of carbonyl (C=O) groups is 2. The highest BCUT2D eigenvalue weighted by Crippen LogP contribution is 2.11. The van der Waals surface area contributed by atoms with Gasteiger partial charge in [-0.15, -0.1) is 0 Å². The summed E-state index contributed by atoms with van der Waals surface area (Å²) in [5.41, 5.74) is 0. The van der Waals surface area contributed by atoms with Crippen LogP contribution < -0.4 is 10.1 Å². The number of nitrogens with one attached hydrogen (secondary N) is 1. The SMILES string of the molecule is CC(C)CC(NC(=O)COc1cccc(F)c1)C(=O)O. The van der Waals surface area contributed by atoms with E-state index in [9.17, 15) is 14.0 Å². The molecule has 0 aliphatic heterocycles. The van der Waals surface area contributed by atoms with Crippen LogP contribution in [0.2, 0.25) is 0 Å². The van der Waals surface area contributed by atoms with Crippen molar-refractivity contribution < 1.29 is 23.8 Å². The maximum atomic E-state index is 12.9. The third-order valence-corrected chi connectivity index (χ3v) is 2.51. The van der Waals surface area contributed by atoms with Gasteiger partial charge in [0.15, 0.2) is 6.61 Å². The van der Waals surface area contributed by atoms with Crippen molar-refractivity contribution in [2.75, 3.05) is 6.61 Å². The smallest absolute Gasteiger partial charge is 0.326 e. The summed E-state index contributed by atoms with van der Waals surface area (Å²) < 4.78 is 18.0. The van der Waals surface area contributed by atoms with Crippen LogP contribution in [0.15, 0.2) is 24.3 Å². The molecule has 0 aliphatic rings. The maximum absolute atomic E-state index is 12.9. The Morgan fingerprint density at radius 3 is 2.65 bits per heavy atom. The topological polar surface area (TPSA) is 75.6 Å². The van der Waals surface area contributed by atoms with E-state index in [4.69, 9.17) is 9.84 Å². The lowest BCUT2D eigenvalue weighted by molar-refractivity contribution is -0.142. The Morgan fingerprint density at radius 2 is 2.10 bits per heavy atom. The number of carboxylic acid groups (broad SMARTS) is 1. The number of hydrogen-bond donors (Lipinski definition) is 2. The Balaban J connectivity index is 2.47. The zero-order valence-electron chi connectivity index (χ0n) is 11.4. The molecule has 0 spiro atoms. The lowest BCUT2D eigenvalue weighted by Crippen LogP contribution is -2.43. The molecule has 0 aromatic heterocycles. The van der Waals surface area contributed by atoms with Gasteiger partial charge in [0, 0.05) is 6.07 Å². The third kappa shape index (κ3) is 5.69. The molecule has 1 aromatic carbocycles. The number of carbonyl (C=O) groups excluding carboxylic acids is 1. The lowest BCUT2D eigenvalue weighted by atomic mass is 10.0. The van der Waals surface area contributed by atoms with Crippen LogP contribution in [0.1, 0.15) is 20.3 Å². The van der Waals surface area contributed by atoms with Crippen molar-refractivity contribution in [1.82, 2.24) is 5.32 Å². The molecular formula is C14H18FNO4. The molecule has 110 valence electrons. The molecule has 5 nitrogen and oxygen atoms in total. The van der Waals surface area contributed by atoms with E-state index >= 15 is 0 Å². The largest absolute Gasteiger partial charge is 0.484 e. The van der Waals surface area contributed by atoms with Crippen LogP contribution in [0.3, 0.4) is 0 Å². The molecule has 6 heteroatoms. The van der Waals surface area contributed by atoms with E-state index in [1.165, 1.54) is 18.2 Å². The quantitative estimate of drug-likeness (QED) is 0.800. The standard InChI is InChI=1S/C14H18FNO4/c1-9(2)6-12(14(18)19)16-13(17)8-20-11-5-3-4-10(15)7-11/h3-5,7,9,12H,6,8H2,1-2H3,(H,16,17)(H,18,19). The van der Waals surface area contributed by atoms with Gasteiger partial charge in [-0.3, -0.25) is 4.79 Å². The van der Waals surface area contributed by atoms with Gasteiger partial charge in [-0.1, -0.05) is 19.9 Å². The summed E-state index contributed by atoms with van der Waals surface area (Å²) in [6, 6.07) is 4.44. The van der Waals surface area contributed by atoms with Crippen molar-refractivity contribution >= 4 is 11.9 Å². The van der Waals surface area contributed by atoms with E-state index in [-0.39, 0.29) is 18.3 Å². The number of hydrogen-bond acceptors (Lipinski definition) is 3. The van der Waals surface area contributed by atoms with Gasteiger partial charge in [0.2, 0.25) is 0 Å². The zero-order valence-corrected chi connectivity index (χ0v) is 11.4. The summed E-state index contributed by atoms with van der Waals surface area (Å²) in [6.45, 7) is 3.38. The molecule has 1 atom stereocenters. The van der Waals surface area contributed by atoms with Gasteiger partial charge in [0.05, 0.1) is 0 Å². The van der Waals surface area contributed by atoms with Crippen LogP contribution in [0, 0.1) is 11.7 Å². The molecule has 1 amide bonds. The molecule has 0 saturated heterocycles. The van der Waals surface area contributed by atoms with E-state index in [2.05, 4.69) is 5.32 Å². The summed E-state index contributed by atoms with van der Waals surface area (Å²) in [5.74, 6) is -1.75. The van der Waals surface area contributed by atoms with Gasteiger partial charge in [-0.05, 0) is 24.5 Å². The van der Waals surface area contributed by atoms with Crippen LogP contribution in [-0.4, -0.2) is 29.6 Å². The molecule has 1 rings (SSSR count). The van der Waals surface area contributed by atoms with Crippen molar-refractivity contribution in [2.24, 2.45) is 5.92 Å². The first-order chi connectivity index (χ1) is 9.38. The molecule has 20 heavy (non-hydrogen) atoms. The van der Waals surface area contributed by atoms with Crippen LogP contribution >= 0.6 is 0 Å². The lowest BCUT2D eigenvalue weighted by Gasteiger charge is -2.16. The number of ether oxygens (including phenoxy) is 1. The molecule has 0 fully saturated rings. The number of benzene rings is 1. The van der Waals surface area contributed by atoms with Crippen molar-refractivity contribution in [3.8, 4) is 5.75 Å². The second-order valence-corrected chi connectivity index (χ2v) is 4.83. The number of carboxylic acids is 1. The minimum absolute atomic E-state index is 0.139. The highest BCUT2D eigenvalue weighted by molar-refractivity contribution is 5.84. The fourth-order valence-corrected chi connectivity index (χ4v) is 1.63. The normalized spacial score (nSPS) is 12.0. The molecule has 2 N–H and O–H groups in total. The van der Waals surface area contributed by atoms with Gasteiger partial charge in [0.25, 0.3) is 5.91 Å². The molecule has 1 aromatic rings. The zero-order chi connectivity index (χ0) is 15.1. The molecule has 1 unspecified atom stereocenters. The van der Waals surface area contributed by atoms with Gasteiger partial charge < -0.3 is 15.2 Å². The second kappa shape index (κ2) is 7.47. The van der Waals surface area contributed by atoms with Gasteiger partial charge in [0.1, 0.15) is 17.6 Å². The van der Waals surface area contributed by atoms with E-state index in [1.54, 1.807) is 0 Å². The summed E-state index contributed by atoms with van der Waals surface area (Å²) in [6.07, 6.45) is 0.334. The molecule has 0 aliphatic carbocycles. The maximum Gasteiger partial charge on any atom is 0.326 e. The Morgan fingerprint density at radius 1 is 1.40 bits per heavy atom. The summed E-state index contributed by atoms with van der Waals surface area (Å²) in [4.78, 5) is 22.6. The fourth-order valence-electron chi connectivity index (χ4n) is 1.63. The summed E-state index contributed by atoms with van der Waals surface area (Å²) >= 11 is 0. The number of rotatable bonds is 7. The van der Waals surface area contributed by atoms with Crippen molar-refractivity contribution in [1.29, 1.82) is 0 Å². The highest BCUT2D eigenvalue weighted by atomic mass is 19.1. The second-order valence-electron chi connectivity index (χ2n) is 4.83. The minimum atomic E-state index is -1.09. The monoisotopic (exact) mass is 283 g/mol. The minimum Gasteiger partial charge on any atom is -0.484 e. The van der Waals surface area contributed by atoms with E-state index in [0.29, 0.717) is 6.42 Å². The number of halogens is 1. The highest BCUT2D eigenvalue weighted by Gasteiger charge is 2.21. The first-order valence-corrected chi connectivity index (χ1v) is 6.29.